The molecule has 28 heavy (non-hydrogen) atoms. The van der Waals surface area contributed by atoms with Gasteiger partial charge in [-0.05, 0) is 75.7 Å². The van der Waals surface area contributed by atoms with E-state index in [0.29, 0.717) is 11.5 Å². The molecule has 0 spiro atoms. The van der Waals surface area contributed by atoms with E-state index in [0.717, 1.165) is 30.0 Å². The van der Waals surface area contributed by atoms with Crippen LogP contribution in [-0.4, -0.2) is 32.2 Å². The number of hydrogen-bond donors (Lipinski definition) is 1. The molecule has 2 rings (SSSR count). The van der Waals surface area contributed by atoms with Crippen LogP contribution in [-0.2, 0) is 4.79 Å². The Balaban J connectivity index is 2.01. The minimum Gasteiger partial charge on any atom is -0.493 e. The molecule has 0 heterocycles. The highest BCUT2D eigenvalue weighted by molar-refractivity contribution is 6.02. The van der Waals surface area contributed by atoms with E-state index in [1.165, 1.54) is 6.08 Å². The third-order valence-corrected chi connectivity index (χ3v) is 4.24. The van der Waals surface area contributed by atoms with Crippen molar-refractivity contribution in [1.29, 1.82) is 0 Å². The maximum Gasteiger partial charge on any atom is 0.248 e. The lowest BCUT2D eigenvalue weighted by molar-refractivity contribution is -0.111. The van der Waals surface area contributed by atoms with Gasteiger partial charge in [0.15, 0.2) is 11.5 Å². The molecule has 5 nitrogen and oxygen atoms in total. The maximum atomic E-state index is 12.2. The van der Waals surface area contributed by atoms with Crippen molar-refractivity contribution in [1.82, 2.24) is 0 Å². The summed E-state index contributed by atoms with van der Waals surface area (Å²) in [5.41, 5.74) is 2.78. The van der Waals surface area contributed by atoms with Gasteiger partial charge in [-0.3, -0.25) is 4.79 Å². The zero-order valence-electron chi connectivity index (χ0n) is 17.4. The molecule has 0 radical (unpaired) electrons. The number of nitrogens with zero attached hydrogens (tertiary/aromatic N) is 1. The van der Waals surface area contributed by atoms with Crippen LogP contribution in [0.2, 0.25) is 0 Å². The summed E-state index contributed by atoms with van der Waals surface area (Å²) < 4.78 is 11.1. The number of carbonyl (C=O) groups is 1. The second-order valence-corrected chi connectivity index (χ2v) is 6.62. The van der Waals surface area contributed by atoms with Crippen LogP contribution in [0.15, 0.2) is 48.5 Å². The average Bonchev–Trinajstić information content (AvgIpc) is 2.69. The maximum absolute atomic E-state index is 12.2. The Hall–Kier alpha value is -2.95. The van der Waals surface area contributed by atoms with Crippen molar-refractivity contribution in [2.24, 2.45) is 0 Å². The normalized spacial score (nSPS) is 10.9. The lowest BCUT2D eigenvalue weighted by atomic mass is 10.2. The highest BCUT2D eigenvalue weighted by Gasteiger charge is 2.07. The van der Waals surface area contributed by atoms with E-state index in [2.05, 4.69) is 24.1 Å². The molecule has 150 valence electrons. The molecule has 1 amide bonds. The lowest BCUT2D eigenvalue weighted by Gasteiger charge is -2.21. The van der Waals surface area contributed by atoms with E-state index in [9.17, 15) is 4.79 Å². The van der Waals surface area contributed by atoms with E-state index >= 15 is 0 Å². The van der Waals surface area contributed by atoms with Crippen molar-refractivity contribution in [2.45, 2.75) is 33.8 Å². The van der Waals surface area contributed by atoms with Gasteiger partial charge in [-0.15, -0.1) is 0 Å². The van der Waals surface area contributed by atoms with Crippen molar-refractivity contribution in [3.8, 4) is 11.5 Å². The van der Waals surface area contributed by atoms with Crippen LogP contribution >= 0.6 is 0 Å². The predicted molar refractivity (Wildman–Crippen MR) is 116 cm³/mol. The fraction of sp³-hybridized carbons (Fsp3) is 0.348. The quantitative estimate of drug-likeness (QED) is 0.622. The van der Waals surface area contributed by atoms with Crippen molar-refractivity contribution in [2.75, 3.05) is 30.4 Å². The van der Waals surface area contributed by atoms with Gasteiger partial charge in [-0.1, -0.05) is 6.07 Å². The Kier molecular flexibility index (Phi) is 7.93. The van der Waals surface area contributed by atoms with E-state index in [1.807, 2.05) is 56.3 Å². The van der Waals surface area contributed by atoms with E-state index < -0.39 is 0 Å². The SMILES string of the molecule is CCN(CC)c1ccc(NC(=O)/C=C/c2ccc(OC(C)C)c(OC)c2)cc1. The van der Waals surface area contributed by atoms with Gasteiger partial charge in [0.2, 0.25) is 5.91 Å². The second-order valence-electron chi connectivity index (χ2n) is 6.62. The van der Waals surface area contributed by atoms with Crippen LogP contribution in [0.5, 0.6) is 11.5 Å². The molecule has 1 N–H and O–H groups in total. The Labute approximate surface area is 168 Å². The standard InChI is InChI=1S/C23H30N2O3/c1-6-25(7-2)20-12-10-19(11-13-20)24-23(26)15-9-18-8-14-21(28-17(3)4)22(16-18)27-5/h8-17H,6-7H2,1-5H3,(H,24,26)/b15-9+. The van der Waals surface area contributed by atoms with Crippen molar-refractivity contribution in [3.63, 3.8) is 0 Å². The largest absolute Gasteiger partial charge is 0.493 e. The fourth-order valence-corrected chi connectivity index (χ4v) is 2.84. The van der Waals surface area contributed by atoms with Gasteiger partial charge in [0, 0.05) is 30.5 Å². The number of amides is 1. The summed E-state index contributed by atoms with van der Waals surface area (Å²) in [6, 6.07) is 13.5. The first-order valence-corrected chi connectivity index (χ1v) is 9.65. The minimum atomic E-state index is -0.183. The third-order valence-electron chi connectivity index (χ3n) is 4.24. The summed E-state index contributed by atoms with van der Waals surface area (Å²) in [6.45, 7) is 10.1. The Morgan fingerprint density at radius 2 is 1.75 bits per heavy atom. The Morgan fingerprint density at radius 1 is 1.07 bits per heavy atom. The molecule has 5 heteroatoms. The number of methoxy groups -OCH3 is 1. The number of benzene rings is 2. The van der Waals surface area contributed by atoms with Gasteiger partial charge in [-0.25, -0.2) is 0 Å². The Bertz CT molecular complexity index is 794. The monoisotopic (exact) mass is 382 g/mol. The number of rotatable bonds is 9. The van der Waals surface area contributed by atoms with Crippen molar-refractivity contribution < 1.29 is 14.3 Å². The number of hydrogen-bond acceptors (Lipinski definition) is 4. The molecule has 0 saturated heterocycles. The number of ether oxygens (including phenoxy) is 2. The zero-order chi connectivity index (χ0) is 20.5. The lowest BCUT2D eigenvalue weighted by Crippen LogP contribution is -2.21. The summed E-state index contributed by atoms with van der Waals surface area (Å²) in [6.07, 6.45) is 3.33. The summed E-state index contributed by atoms with van der Waals surface area (Å²) in [4.78, 5) is 14.5. The molecule has 0 saturated carbocycles. The first-order valence-electron chi connectivity index (χ1n) is 9.65. The predicted octanol–water partition coefficient (Wildman–Crippen LogP) is 4.98. The molecule has 0 atom stereocenters. The van der Waals surface area contributed by atoms with Gasteiger partial charge >= 0.3 is 0 Å². The molecule has 0 unspecified atom stereocenters. The van der Waals surface area contributed by atoms with Crippen LogP contribution in [0.4, 0.5) is 11.4 Å². The smallest absolute Gasteiger partial charge is 0.248 e. The van der Waals surface area contributed by atoms with Gasteiger partial charge in [0.1, 0.15) is 0 Å². The summed E-state index contributed by atoms with van der Waals surface area (Å²) in [5.74, 6) is 1.15. The highest BCUT2D eigenvalue weighted by atomic mass is 16.5. The molecule has 2 aromatic carbocycles. The second kappa shape index (κ2) is 10.4. The third kappa shape index (κ3) is 6.05. The van der Waals surface area contributed by atoms with Gasteiger partial charge in [0.25, 0.3) is 0 Å². The molecular formula is C23H30N2O3. The summed E-state index contributed by atoms with van der Waals surface area (Å²) in [5, 5.41) is 2.88. The fourth-order valence-electron chi connectivity index (χ4n) is 2.84. The molecular weight excluding hydrogens is 352 g/mol. The molecule has 2 aromatic rings. The van der Waals surface area contributed by atoms with Crippen LogP contribution in [0.25, 0.3) is 6.08 Å². The van der Waals surface area contributed by atoms with Crippen LogP contribution in [0, 0.1) is 0 Å². The van der Waals surface area contributed by atoms with Crippen molar-refractivity contribution in [3.05, 3.63) is 54.1 Å². The van der Waals surface area contributed by atoms with Gasteiger partial charge < -0.3 is 19.7 Å². The first-order chi connectivity index (χ1) is 13.5. The minimum absolute atomic E-state index is 0.0641. The first kappa shape index (κ1) is 21.4. The average molecular weight is 383 g/mol. The van der Waals surface area contributed by atoms with E-state index in [4.69, 9.17) is 9.47 Å². The highest BCUT2D eigenvalue weighted by Crippen LogP contribution is 2.29. The summed E-state index contributed by atoms with van der Waals surface area (Å²) >= 11 is 0. The molecule has 0 fully saturated rings. The molecule has 0 bridgehead atoms. The summed E-state index contributed by atoms with van der Waals surface area (Å²) in [7, 11) is 1.60. The Morgan fingerprint density at radius 3 is 2.32 bits per heavy atom. The molecule has 0 aliphatic heterocycles. The van der Waals surface area contributed by atoms with Gasteiger partial charge in [0.05, 0.1) is 13.2 Å². The molecule has 0 aliphatic carbocycles. The number of carbonyl (C=O) groups excluding carboxylic acids is 1. The van der Waals surface area contributed by atoms with Crippen LogP contribution in [0.1, 0.15) is 33.3 Å². The van der Waals surface area contributed by atoms with Crippen LogP contribution in [0.3, 0.4) is 0 Å². The van der Waals surface area contributed by atoms with Gasteiger partial charge in [-0.2, -0.15) is 0 Å². The van der Waals surface area contributed by atoms with Crippen molar-refractivity contribution >= 4 is 23.4 Å². The van der Waals surface area contributed by atoms with E-state index in [-0.39, 0.29) is 12.0 Å². The zero-order valence-corrected chi connectivity index (χ0v) is 17.4. The van der Waals surface area contributed by atoms with Crippen LogP contribution < -0.4 is 19.7 Å². The molecule has 0 aliphatic rings. The van der Waals surface area contributed by atoms with E-state index in [1.54, 1.807) is 13.2 Å². The topological polar surface area (TPSA) is 50.8 Å². The number of anilines is 2. The number of nitrogens with one attached hydrogen (secondary N) is 1. The molecule has 0 aromatic heterocycles.